The molecule has 0 saturated carbocycles. The van der Waals surface area contributed by atoms with Crippen LogP contribution in [-0.2, 0) is 4.79 Å². The van der Waals surface area contributed by atoms with Gasteiger partial charge in [-0.05, 0) is 42.8 Å². The summed E-state index contributed by atoms with van der Waals surface area (Å²) in [5, 5.41) is 4.83. The van der Waals surface area contributed by atoms with Crippen molar-refractivity contribution in [1.82, 2.24) is 10.3 Å². The molecule has 0 spiro atoms. The van der Waals surface area contributed by atoms with Gasteiger partial charge in [-0.1, -0.05) is 25.5 Å². The van der Waals surface area contributed by atoms with E-state index in [1.165, 1.54) is 0 Å². The van der Waals surface area contributed by atoms with Crippen LogP contribution < -0.4 is 10.6 Å². The zero-order valence-electron chi connectivity index (χ0n) is 14.0. The molecule has 0 unspecified atom stereocenters. The monoisotopic (exact) mass is 409 g/mol. The van der Waals surface area contributed by atoms with Crippen LogP contribution in [0, 0.1) is 6.92 Å². The van der Waals surface area contributed by atoms with Crippen LogP contribution in [0.25, 0.3) is 0 Å². The molecule has 0 aliphatic carbocycles. The molecule has 27 heavy (non-hydrogen) atoms. The molecular formula is C16H16F5N3O2S. The lowest BCUT2D eigenvalue weighted by atomic mass is 10.2. The number of hydrogen-bond acceptors (Lipinski definition) is 3. The molecule has 1 aromatic carbocycles. The van der Waals surface area contributed by atoms with Gasteiger partial charge < -0.3 is 10.6 Å². The number of aromatic nitrogens is 1. The van der Waals surface area contributed by atoms with Crippen molar-refractivity contribution in [3.05, 3.63) is 53.7 Å². The number of nitrogens with one attached hydrogen (secondary N) is 2. The van der Waals surface area contributed by atoms with E-state index in [1.54, 1.807) is 18.3 Å². The molecule has 0 aliphatic heterocycles. The summed E-state index contributed by atoms with van der Waals surface area (Å²) in [6.07, 6.45) is 1.46. The van der Waals surface area contributed by atoms with Crippen LogP contribution >= 0.6 is 10.2 Å². The lowest BCUT2D eigenvalue weighted by Gasteiger charge is -2.40. The first-order valence-corrected chi connectivity index (χ1v) is 9.54. The SMILES string of the molecule is Cc1ccc(NC(=O)CCNC(=O)c2ccc(S(F)(F)(F)(F)F)cc2)nc1. The quantitative estimate of drug-likeness (QED) is 0.673. The molecule has 1 aromatic heterocycles. The Kier molecular flexibility index (Phi) is 4.95. The maximum atomic E-state index is 12.6. The van der Waals surface area contributed by atoms with E-state index in [2.05, 4.69) is 15.6 Å². The predicted octanol–water partition coefficient (Wildman–Crippen LogP) is 4.81. The third-order valence-electron chi connectivity index (χ3n) is 3.38. The smallest absolute Gasteiger partial charge is 0.310 e. The number of nitrogens with zero attached hydrogens (tertiary/aromatic N) is 1. The van der Waals surface area contributed by atoms with Crippen molar-refractivity contribution in [1.29, 1.82) is 0 Å². The molecule has 2 amide bonds. The summed E-state index contributed by atoms with van der Waals surface area (Å²) < 4.78 is 63.1. The molecule has 0 aliphatic rings. The van der Waals surface area contributed by atoms with Gasteiger partial charge in [0.15, 0.2) is 0 Å². The summed E-state index contributed by atoms with van der Waals surface area (Å²) in [7, 11) is -9.77. The van der Waals surface area contributed by atoms with Crippen LogP contribution in [0.15, 0.2) is 47.5 Å². The van der Waals surface area contributed by atoms with Crippen LogP contribution in [-0.4, -0.2) is 23.3 Å². The van der Waals surface area contributed by atoms with Gasteiger partial charge in [-0.3, -0.25) is 9.59 Å². The molecule has 0 fully saturated rings. The zero-order valence-corrected chi connectivity index (χ0v) is 14.8. The van der Waals surface area contributed by atoms with Gasteiger partial charge in [0, 0.05) is 24.7 Å². The number of carbonyl (C=O) groups is 2. The third-order valence-corrected chi connectivity index (χ3v) is 4.54. The molecule has 148 valence electrons. The van der Waals surface area contributed by atoms with Gasteiger partial charge in [-0.2, -0.15) is 0 Å². The van der Waals surface area contributed by atoms with Crippen molar-refractivity contribution in [2.75, 3.05) is 11.9 Å². The summed E-state index contributed by atoms with van der Waals surface area (Å²) in [4.78, 5) is 25.5. The molecule has 5 nitrogen and oxygen atoms in total. The summed E-state index contributed by atoms with van der Waals surface area (Å²) in [5.41, 5.74) is 0.678. The van der Waals surface area contributed by atoms with E-state index in [0.717, 1.165) is 5.56 Å². The summed E-state index contributed by atoms with van der Waals surface area (Å²) in [6, 6.07) is 4.98. The first-order valence-electron chi connectivity index (χ1n) is 7.59. The fraction of sp³-hybridized carbons (Fsp3) is 0.188. The minimum atomic E-state index is -9.77. The minimum absolute atomic E-state index is 0.0974. The van der Waals surface area contributed by atoms with Crippen LogP contribution in [0.5, 0.6) is 0 Å². The zero-order chi connectivity index (χ0) is 20.4. The van der Waals surface area contributed by atoms with E-state index in [4.69, 9.17) is 0 Å². The van der Waals surface area contributed by atoms with Gasteiger partial charge in [-0.15, -0.1) is 0 Å². The van der Waals surface area contributed by atoms with Crippen molar-refractivity contribution in [2.45, 2.75) is 18.2 Å². The number of pyridine rings is 1. The van der Waals surface area contributed by atoms with Crippen LogP contribution in [0.4, 0.5) is 25.2 Å². The van der Waals surface area contributed by atoms with E-state index < -0.39 is 26.9 Å². The largest absolute Gasteiger partial charge is 0.352 e. The molecule has 11 heteroatoms. The number of benzene rings is 1. The molecule has 2 N–H and O–H groups in total. The van der Waals surface area contributed by atoms with Gasteiger partial charge in [0.25, 0.3) is 5.91 Å². The van der Waals surface area contributed by atoms with E-state index >= 15 is 0 Å². The first-order chi connectivity index (χ1) is 12.2. The van der Waals surface area contributed by atoms with E-state index in [1.807, 2.05) is 6.92 Å². The molecule has 0 saturated heterocycles. The number of amides is 2. The lowest BCUT2D eigenvalue weighted by molar-refractivity contribution is -0.116. The number of halogens is 5. The minimum Gasteiger partial charge on any atom is -0.352 e. The maximum absolute atomic E-state index is 12.6. The Balaban J connectivity index is 1.87. The van der Waals surface area contributed by atoms with E-state index in [0.29, 0.717) is 18.0 Å². The number of rotatable bonds is 6. The number of hydrogen-bond donors (Lipinski definition) is 2. The number of aryl methyl sites for hydroxylation is 1. The van der Waals surface area contributed by atoms with Gasteiger partial charge in [0.2, 0.25) is 5.91 Å². The fourth-order valence-electron chi connectivity index (χ4n) is 2.00. The average Bonchev–Trinajstić information content (AvgIpc) is 2.55. The molecule has 2 rings (SSSR count). The highest BCUT2D eigenvalue weighted by Crippen LogP contribution is 3.02. The highest BCUT2D eigenvalue weighted by molar-refractivity contribution is 8.45. The van der Waals surface area contributed by atoms with E-state index in [9.17, 15) is 29.0 Å². The Morgan fingerprint density at radius 3 is 2.15 bits per heavy atom. The van der Waals surface area contributed by atoms with Crippen molar-refractivity contribution in [2.24, 2.45) is 0 Å². The molecular weight excluding hydrogens is 393 g/mol. The fourth-order valence-corrected chi connectivity index (χ4v) is 2.65. The number of carbonyl (C=O) groups excluding carboxylic acids is 2. The van der Waals surface area contributed by atoms with Gasteiger partial charge in [0.05, 0.1) is 0 Å². The summed E-state index contributed by atoms with van der Waals surface area (Å²) in [6.45, 7) is 1.73. The van der Waals surface area contributed by atoms with Crippen molar-refractivity contribution >= 4 is 27.9 Å². The molecule has 0 atom stereocenters. The maximum Gasteiger partial charge on any atom is 0.310 e. The van der Waals surface area contributed by atoms with Crippen molar-refractivity contribution < 1.29 is 29.0 Å². The van der Waals surface area contributed by atoms with Gasteiger partial charge in [-0.25, -0.2) is 4.98 Å². The van der Waals surface area contributed by atoms with E-state index in [-0.39, 0.29) is 30.7 Å². The molecule has 0 bridgehead atoms. The Labute approximate surface area is 151 Å². The lowest BCUT2D eigenvalue weighted by Crippen LogP contribution is -2.27. The standard InChI is InChI=1S/C16H16F5N3O2S/c1-11-2-7-14(23-10-11)24-15(25)8-9-22-16(26)12-3-5-13(6-4-12)27(17,18,19,20)21/h2-7,10H,8-9H2,1H3,(H,22,26)(H,23,24,25). The Morgan fingerprint density at radius 1 is 1.00 bits per heavy atom. The Morgan fingerprint density at radius 2 is 1.63 bits per heavy atom. The van der Waals surface area contributed by atoms with Crippen LogP contribution in [0.2, 0.25) is 0 Å². The summed E-state index contributed by atoms with van der Waals surface area (Å²) in [5.74, 6) is -0.878. The summed E-state index contributed by atoms with van der Waals surface area (Å²) >= 11 is 0. The topological polar surface area (TPSA) is 71.1 Å². The predicted molar refractivity (Wildman–Crippen MR) is 92.4 cm³/mol. The second kappa shape index (κ2) is 6.48. The molecule has 2 aromatic rings. The second-order valence-corrected chi connectivity index (χ2v) is 8.18. The van der Waals surface area contributed by atoms with Gasteiger partial charge in [0.1, 0.15) is 10.7 Å². The highest BCUT2D eigenvalue weighted by atomic mass is 32.5. The normalized spacial score (nSPS) is 14.0. The van der Waals surface area contributed by atoms with Crippen LogP contribution in [0.3, 0.4) is 0 Å². The molecule has 1 heterocycles. The Bertz CT molecular complexity index is 853. The van der Waals surface area contributed by atoms with Gasteiger partial charge >= 0.3 is 10.2 Å². The number of anilines is 1. The Hall–Kier alpha value is -2.69. The average molecular weight is 409 g/mol. The first kappa shape index (κ1) is 20.6. The second-order valence-electron chi connectivity index (χ2n) is 5.77. The van der Waals surface area contributed by atoms with Crippen molar-refractivity contribution in [3.63, 3.8) is 0 Å². The van der Waals surface area contributed by atoms with Crippen molar-refractivity contribution in [3.8, 4) is 0 Å². The highest BCUT2D eigenvalue weighted by Gasteiger charge is 2.65. The molecule has 0 radical (unpaired) electrons. The van der Waals surface area contributed by atoms with Crippen LogP contribution in [0.1, 0.15) is 22.3 Å². The third kappa shape index (κ3) is 6.20.